The number of nitrogens with zero attached hydrogens (tertiary/aromatic N) is 4. The maximum atomic E-state index is 13.6. The topological polar surface area (TPSA) is 101 Å². The van der Waals surface area contributed by atoms with Crippen LogP contribution in [0.4, 0.5) is 14.5 Å². The first-order chi connectivity index (χ1) is 16.4. The summed E-state index contributed by atoms with van der Waals surface area (Å²) in [6, 6.07) is 5.12. The smallest absolute Gasteiger partial charge is 0.249 e. The van der Waals surface area contributed by atoms with Gasteiger partial charge in [-0.25, -0.2) is 13.8 Å². The molecule has 0 aliphatic heterocycles. The zero-order valence-corrected chi connectivity index (χ0v) is 18.8. The molecule has 1 aliphatic carbocycles. The number of anilines is 1. The molecule has 3 aromatic rings. The Kier molecular flexibility index (Phi) is 7.16. The van der Waals surface area contributed by atoms with Crippen molar-refractivity contribution >= 4 is 29.1 Å². The predicted molar refractivity (Wildman–Crippen MR) is 120 cm³/mol. The Morgan fingerprint density at radius 1 is 1.15 bits per heavy atom. The molecule has 1 saturated carbocycles. The minimum atomic E-state index is -2.72. The average Bonchev–Trinajstić information content (AvgIpc) is 3.39. The number of carbonyl (C=O) groups excluding carboxylic acids is 2. The van der Waals surface area contributed by atoms with Gasteiger partial charge in [-0.1, -0.05) is 0 Å². The van der Waals surface area contributed by atoms with E-state index in [1.54, 1.807) is 30.5 Å². The van der Waals surface area contributed by atoms with Crippen LogP contribution < -0.4 is 10.2 Å². The summed E-state index contributed by atoms with van der Waals surface area (Å²) in [5, 5.41) is 2.82. The van der Waals surface area contributed by atoms with Gasteiger partial charge in [-0.3, -0.25) is 24.5 Å². The molecular formula is C23H22ClF2N5O3. The van der Waals surface area contributed by atoms with E-state index in [1.807, 2.05) is 0 Å². The van der Waals surface area contributed by atoms with Gasteiger partial charge >= 0.3 is 0 Å². The summed E-state index contributed by atoms with van der Waals surface area (Å²) < 4.78 is 32.4. The molecule has 0 unspecified atom stereocenters. The Bertz CT molecular complexity index is 1100. The van der Waals surface area contributed by atoms with Gasteiger partial charge in [0.1, 0.15) is 5.88 Å². The van der Waals surface area contributed by atoms with Crippen molar-refractivity contribution in [2.24, 2.45) is 0 Å². The van der Waals surface area contributed by atoms with E-state index in [-0.39, 0.29) is 37.3 Å². The monoisotopic (exact) mass is 489 g/mol. The third kappa shape index (κ3) is 5.39. The molecule has 2 aromatic heterocycles. The fourth-order valence-electron chi connectivity index (χ4n) is 3.95. The van der Waals surface area contributed by atoms with Crippen molar-refractivity contribution in [3.8, 4) is 11.3 Å². The predicted octanol–water partition coefficient (Wildman–Crippen LogP) is 4.14. The summed E-state index contributed by atoms with van der Waals surface area (Å²) in [4.78, 5) is 39.8. The molecular weight excluding hydrogens is 468 g/mol. The number of rotatable bonds is 7. The average molecular weight is 490 g/mol. The maximum Gasteiger partial charge on any atom is 0.249 e. The van der Waals surface area contributed by atoms with Gasteiger partial charge in [0.25, 0.3) is 0 Å². The highest BCUT2D eigenvalue weighted by Crippen LogP contribution is 2.34. The van der Waals surface area contributed by atoms with E-state index in [2.05, 4.69) is 20.3 Å². The molecule has 8 nitrogen and oxygen atoms in total. The maximum absolute atomic E-state index is 13.6. The number of benzene rings is 1. The summed E-state index contributed by atoms with van der Waals surface area (Å²) in [6.07, 6.45) is 6.78. The molecule has 0 spiro atoms. The van der Waals surface area contributed by atoms with E-state index in [0.717, 1.165) is 5.56 Å². The van der Waals surface area contributed by atoms with E-state index >= 15 is 0 Å². The summed E-state index contributed by atoms with van der Waals surface area (Å²) in [7, 11) is 0. The Hall–Kier alpha value is -3.40. The molecule has 4 rings (SSSR count). The van der Waals surface area contributed by atoms with Crippen molar-refractivity contribution in [3.63, 3.8) is 0 Å². The molecule has 1 aliphatic rings. The first-order valence-corrected chi connectivity index (χ1v) is 11.2. The van der Waals surface area contributed by atoms with Crippen LogP contribution in [0.2, 0.25) is 0 Å². The van der Waals surface area contributed by atoms with Gasteiger partial charge in [-0.2, -0.15) is 0 Å². The largest absolute Gasteiger partial charge is 0.444 e. The van der Waals surface area contributed by atoms with Crippen LogP contribution in [0.3, 0.4) is 0 Å². The van der Waals surface area contributed by atoms with Crippen LogP contribution >= 0.6 is 11.6 Å². The molecule has 0 radical (unpaired) electrons. The zero-order chi connectivity index (χ0) is 24.1. The fourth-order valence-corrected chi connectivity index (χ4v) is 4.08. The number of alkyl halides is 3. The van der Waals surface area contributed by atoms with E-state index in [0.29, 0.717) is 11.4 Å². The van der Waals surface area contributed by atoms with E-state index < -0.39 is 29.8 Å². The number of hydrogen-bond donors (Lipinski definition) is 1. The summed E-state index contributed by atoms with van der Waals surface area (Å²) >= 11 is 5.90. The number of nitrogens with one attached hydrogen (secondary N) is 1. The first-order valence-electron chi connectivity index (χ1n) is 10.7. The normalized spacial score (nSPS) is 16.6. The van der Waals surface area contributed by atoms with Crippen LogP contribution in [0.15, 0.2) is 59.9 Å². The van der Waals surface area contributed by atoms with Gasteiger partial charge in [0.05, 0.1) is 18.1 Å². The molecule has 34 heavy (non-hydrogen) atoms. The molecule has 1 aromatic carbocycles. The van der Waals surface area contributed by atoms with E-state index in [1.165, 1.54) is 29.9 Å². The van der Waals surface area contributed by atoms with Crippen LogP contribution in [0.25, 0.3) is 11.3 Å². The second-order valence-corrected chi connectivity index (χ2v) is 8.25. The highest BCUT2D eigenvalue weighted by atomic mass is 35.5. The molecule has 1 atom stereocenters. The van der Waals surface area contributed by atoms with Crippen LogP contribution in [0.1, 0.15) is 37.4 Å². The molecule has 178 valence electrons. The Morgan fingerprint density at radius 2 is 1.88 bits per heavy atom. The molecule has 2 amide bonds. The number of amides is 2. The highest BCUT2D eigenvalue weighted by Gasteiger charge is 2.38. The number of carbonyl (C=O) groups is 2. The molecule has 1 N–H and O–H groups in total. The minimum absolute atomic E-state index is 0.140. The van der Waals surface area contributed by atoms with Gasteiger partial charge in [0.15, 0.2) is 18.2 Å². The van der Waals surface area contributed by atoms with Gasteiger partial charge in [0.2, 0.25) is 17.7 Å². The Morgan fingerprint density at radius 3 is 2.47 bits per heavy atom. The molecule has 1 fully saturated rings. The van der Waals surface area contributed by atoms with Crippen molar-refractivity contribution in [2.45, 2.75) is 43.7 Å². The second kappa shape index (κ2) is 10.3. The van der Waals surface area contributed by atoms with Gasteiger partial charge < -0.3 is 9.73 Å². The van der Waals surface area contributed by atoms with Gasteiger partial charge in [-0.05, 0) is 37.1 Å². The SMILES string of the molecule is O=C(NC1CCC(F)(F)CC1)[C@H](c1cnccn1)N(C(=O)CCl)c1ccc(-c2cnco2)cc1. The lowest BCUT2D eigenvalue weighted by atomic mass is 9.92. The number of oxazole rings is 1. The number of halogens is 3. The van der Waals surface area contributed by atoms with E-state index in [9.17, 15) is 18.4 Å². The van der Waals surface area contributed by atoms with Crippen molar-refractivity contribution in [3.05, 3.63) is 61.1 Å². The third-order valence-corrected chi connectivity index (χ3v) is 5.91. The van der Waals surface area contributed by atoms with Crippen molar-refractivity contribution in [1.29, 1.82) is 0 Å². The number of aromatic nitrogens is 3. The Balaban J connectivity index is 1.65. The summed E-state index contributed by atoms with van der Waals surface area (Å²) in [5.41, 5.74) is 1.34. The van der Waals surface area contributed by atoms with Crippen LogP contribution in [0, 0.1) is 0 Å². The van der Waals surface area contributed by atoms with Crippen LogP contribution in [-0.2, 0) is 9.59 Å². The first kappa shape index (κ1) is 23.7. The molecule has 2 heterocycles. The standard InChI is InChI=1S/C23H22ClF2N5O3/c24-11-20(32)31(17-3-1-15(2-4-17)19-13-28-14-34-19)21(18-12-27-9-10-29-18)22(33)30-16-5-7-23(25,26)8-6-16/h1-4,9-10,12-14,16,21H,5-8,11H2,(H,30,33)/t21-/m0/s1. The van der Waals surface area contributed by atoms with Gasteiger partial charge in [0, 0.05) is 42.5 Å². The van der Waals surface area contributed by atoms with Crippen LogP contribution in [0.5, 0.6) is 0 Å². The lowest BCUT2D eigenvalue weighted by molar-refractivity contribution is -0.127. The quantitative estimate of drug-likeness (QED) is 0.500. The summed E-state index contributed by atoms with van der Waals surface area (Å²) in [6.45, 7) is 0. The van der Waals surface area contributed by atoms with Gasteiger partial charge in [-0.15, -0.1) is 11.6 Å². The van der Waals surface area contributed by atoms with Crippen molar-refractivity contribution in [1.82, 2.24) is 20.3 Å². The zero-order valence-electron chi connectivity index (χ0n) is 18.0. The third-order valence-electron chi connectivity index (χ3n) is 5.68. The lowest BCUT2D eigenvalue weighted by Gasteiger charge is -2.33. The number of hydrogen-bond acceptors (Lipinski definition) is 6. The minimum Gasteiger partial charge on any atom is -0.444 e. The highest BCUT2D eigenvalue weighted by molar-refractivity contribution is 6.29. The van der Waals surface area contributed by atoms with Crippen molar-refractivity contribution in [2.75, 3.05) is 10.8 Å². The summed E-state index contributed by atoms with van der Waals surface area (Å²) in [5.74, 6) is -3.65. The van der Waals surface area contributed by atoms with Crippen LogP contribution in [-0.4, -0.2) is 44.6 Å². The van der Waals surface area contributed by atoms with Crippen molar-refractivity contribution < 1.29 is 22.8 Å². The van der Waals surface area contributed by atoms with E-state index in [4.69, 9.17) is 16.0 Å². The Labute approximate surface area is 199 Å². The fraction of sp³-hybridized carbons (Fsp3) is 0.348. The molecule has 11 heteroatoms. The lowest BCUT2D eigenvalue weighted by Crippen LogP contribution is -2.49. The molecule has 0 bridgehead atoms. The molecule has 0 saturated heterocycles. The second-order valence-electron chi connectivity index (χ2n) is 7.98.